The molecular weight excluding hydrogens is 206 g/mol. The van der Waals surface area contributed by atoms with Crippen LogP contribution in [-0.4, -0.2) is 27.9 Å². The Morgan fingerprint density at radius 2 is 1.94 bits per heavy atom. The molecule has 2 rings (SSSR count). The minimum atomic E-state index is -1.03. The van der Waals surface area contributed by atoms with Crippen molar-refractivity contribution in [2.75, 3.05) is 0 Å². The van der Waals surface area contributed by atoms with Gasteiger partial charge in [-0.2, -0.15) is 0 Å². The number of hydrogen-bond acceptors (Lipinski definition) is 3. The van der Waals surface area contributed by atoms with Gasteiger partial charge in [-0.05, 0) is 12.0 Å². The van der Waals surface area contributed by atoms with E-state index in [-0.39, 0.29) is 25.3 Å². The van der Waals surface area contributed by atoms with Crippen LogP contribution in [0.25, 0.3) is 0 Å². The highest BCUT2D eigenvalue weighted by Gasteiger charge is 2.32. The van der Waals surface area contributed by atoms with E-state index in [2.05, 4.69) is 0 Å². The van der Waals surface area contributed by atoms with E-state index in [4.69, 9.17) is 0 Å². The van der Waals surface area contributed by atoms with Crippen LogP contribution in [0, 0.1) is 0 Å². The Hall–Kier alpha value is -1.68. The van der Waals surface area contributed by atoms with E-state index in [0.717, 1.165) is 10.5 Å². The lowest BCUT2D eigenvalue weighted by molar-refractivity contribution is -0.156. The third-order valence-electron chi connectivity index (χ3n) is 2.67. The molecule has 0 aromatic heterocycles. The van der Waals surface area contributed by atoms with E-state index in [9.17, 15) is 14.7 Å². The molecule has 1 fully saturated rings. The summed E-state index contributed by atoms with van der Waals surface area (Å²) in [5.41, 5.74) is 0.887. The minimum absolute atomic E-state index is 0.209. The normalized spacial score (nSPS) is 21.3. The fourth-order valence-electron chi connectivity index (χ4n) is 1.75. The highest BCUT2D eigenvalue weighted by Crippen LogP contribution is 2.16. The standard InChI is InChI=1S/C12H13NO3/c14-10-6-7-11(15)13(12(10)16)8-9-4-2-1-3-5-9/h1-5,10,14H,6-8H2. The Kier molecular flexibility index (Phi) is 3.01. The average molecular weight is 219 g/mol. The molecule has 16 heavy (non-hydrogen) atoms. The minimum Gasteiger partial charge on any atom is -0.383 e. The van der Waals surface area contributed by atoms with E-state index in [0.29, 0.717) is 0 Å². The van der Waals surface area contributed by atoms with Crippen LogP contribution in [0.4, 0.5) is 0 Å². The van der Waals surface area contributed by atoms with Gasteiger partial charge in [0, 0.05) is 6.42 Å². The number of likely N-dealkylation sites (tertiary alicyclic amines) is 1. The summed E-state index contributed by atoms with van der Waals surface area (Å²) < 4.78 is 0. The maximum Gasteiger partial charge on any atom is 0.258 e. The van der Waals surface area contributed by atoms with E-state index in [1.54, 1.807) is 0 Å². The van der Waals surface area contributed by atoms with Gasteiger partial charge < -0.3 is 5.11 Å². The highest BCUT2D eigenvalue weighted by atomic mass is 16.3. The summed E-state index contributed by atoms with van der Waals surface area (Å²) in [6.07, 6.45) is -0.552. The first-order valence-corrected chi connectivity index (χ1v) is 5.24. The van der Waals surface area contributed by atoms with Gasteiger partial charge >= 0.3 is 0 Å². The van der Waals surface area contributed by atoms with Crippen LogP contribution in [0.2, 0.25) is 0 Å². The lowest BCUT2D eigenvalue weighted by atomic mass is 10.1. The molecule has 84 valence electrons. The summed E-state index contributed by atoms with van der Waals surface area (Å²) in [5.74, 6) is -0.695. The van der Waals surface area contributed by atoms with Gasteiger partial charge in [-0.15, -0.1) is 0 Å². The molecule has 1 saturated heterocycles. The Morgan fingerprint density at radius 1 is 1.25 bits per heavy atom. The maximum atomic E-state index is 11.6. The second-order valence-corrected chi connectivity index (χ2v) is 3.86. The van der Waals surface area contributed by atoms with Crippen molar-refractivity contribution < 1.29 is 14.7 Å². The monoisotopic (exact) mass is 219 g/mol. The molecular formula is C12H13NO3. The Bertz CT molecular complexity index is 402. The van der Waals surface area contributed by atoms with Crippen LogP contribution in [0.3, 0.4) is 0 Å². The van der Waals surface area contributed by atoms with Gasteiger partial charge in [0.05, 0.1) is 6.54 Å². The van der Waals surface area contributed by atoms with Crippen LogP contribution < -0.4 is 0 Å². The van der Waals surface area contributed by atoms with Gasteiger partial charge in [-0.3, -0.25) is 14.5 Å². The summed E-state index contributed by atoms with van der Waals surface area (Å²) in [7, 11) is 0. The number of nitrogens with zero attached hydrogens (tertiary/aromatic N) is 1. The van der Waals surface area contributed by atoms with Crippen LogP contribution in [-0.2, 0) is 16.1 Å². The number of amides is 2. The molecule has 0 bridgehead atoms. The van der Waals surface area contributed by atoms with Crippen LogP contribution in [0.5, 0.6) is 0 Å². The topological polar surface area (TPSA) is 57.6 Å². The van der Waals surface area contributed by atoms with Crippen molar-refractivity contribution in [2.24, 2.45) is 0 Å². The third-order valence-corrected chi connectivity index (χ3v) is 2.67. The highest BCUT2D eigenvalue weighted by molar-refractivity contribution is 5.99. The zero-order chi connectivity index (χ0) is 11.5. The number of piperidine rings is 1. The Morgan fingerprint density at radius 3 is 2.62 bits per heavy atom. The van der Waals surface area contributed by atoms with Crippen molar-refractivity contribution in [1.29, 1.82) is 0 Å². The third kappa shape index (κ3) is 2.12. The molecule has 1 unspecified atom stereocenters. The van der Waals surface area contributed by atoms with Gasteiger partial charge in [0.25, 0.3) is 5.91 Å². The lowest BCUT2D eigenvalue weighted by Crippen LogP contribution is -2.47. The van der Waals surface area contributed by atoms with Crippen molar-refractivity contribution in [3.8, 4) is 0 Å². The van der Waals surface area contributed by atoms with Gasteiger partial charge in [-0.25, -0.2) is 0 Å². The molecule has 1 heterocycles. The van der Waals surface area contributed by atoms with E-state index in [1.807, 2.05) is 30.3 Å². The predicted molar refractivity (Wildman–Crippen MR) is 57.2 cm³/mol. The predicted octanol–water partition coefficient (Wildman–Crippen LogP) is 0.696. The number of carbonyl (C=O) groups is 2. The molecule has 4 nitrogen and oxygen atoms in total. The van der Waals surface area contributed by atoms with Gasteiger partial charge in [0.1, 0.15) is 6.10 Å². The summed E-state index contributed by atoms with van der Waals surface area (Å²) in [6.45, 7) is 0.246. The lowest BCUT2D eigenvalue weighted by Gasteiger charge is -2.28. The Balaban J connectivity index is 2.13. The second-order valence-electron chi connectivity index (χ2n) is 3.86. The molecule has 0 aliphatic carbocycles. The quantitative estimate of drug-likeness (QED) is 0.745. The van der Waals surface area contributed by atoms with Gasteiger partial charge in [0.15, 0.2) is 0 Å². The fourth-order valence-corrected chi connectivity index (χ4v) is 1.75. The Labute approximate surface area is 93.5 Å². The first-order valence-electron chi connectivity index (χ1n) is 5.24. The molecule has 1 N–H and O–H groups in total. The first kappa shape index (κ1) is 10.8. The molecule has 0 spiro atoms. The smallest absolute Gasteiger partial charge is 0.258 e. The number of aliphatic hydroxyl groups is 1. The van der Waals surface area contributed by atoms with E-state index < -0.39 is 12.0 Å². The van der Waals surface area contributed by atoms with Gasteiger partial charge in [-0.1, -0.05) is 30.3 Å². The molecule has 2 amide bonds. The molecule has 1 aliphatic rings. The number of rotatable bonds is 2. The number of aliphatic hydroxyl groups excluding tert-OH is 1. The number of benzene rings is 1. The van der Waals surface area contributed by atoms with Gasteiger partial charge in [0.2, 0.25) is 5.91 Å². The summed E-state index contributed by atoms with van der Waals surface area (Å²) in [4.78, 5) is 24.3. The zero-order valence-electron chi connectivity index (χ0n) is 8.80. The first-order chi connectivity index (χ1) is 7.68. The molecule has 0 radical (unpaired) electrons. The number of imide groups is 1. The molecule has 1 atom stereocenters. The average Bonchev–Trinajstić information content (AvgIpc) is 2.31. The van der Waals surface area contributed by atoms with Crippen molar-refractivity contribution >= 4 is 11.8 Å². The second kappa shape index (κ2) is 4.45. The summed E-state index contributed by atoms with van der Waals surface area (Å²) in [6, 6.07) is 9.27. The molecule has 1 aromatic rings. The zero-order valence-corrected chi connectivity index (χ0v) is 8.80. The van der Waals surface area contributed by atoms with Crippen molar-refractivity contribution in [3.05, 3.63) is 35.9 Å². The molecule has 1 aliphatic heterocycles. The van der Waals surface area contributed by atoms with Crippen molar-refractivity contribution in [2.45, 2.75) is 25.5 Å². The van der Waals surface area contributed by atoms with Crippen LogP contribution >= 0.6 is 0 Å². The summed E-state index contributed by atoms with van der Waals surface area (Å²) in [5, 5.41) is 9.40. The number of hydrogen-bond donors (Lipinski definition) is 1. The molecule has 1 aromatic carbocycles. The fraction of sp³-hybridized carbons (Fsp3) is 0.333. The SMILES string of the molecule is O=C1CCC(O)C(=O)N1Cc1ccccc1. The summed E-state index contributed by atoms with van der Waals surface area (Å²) >= 11 is 0. The van der Waals surface area contributed by atoms with Crippen molar-refractivity contribution in [3.63, 3.8) is 0 Å². The van der Waals surface area contributed by atoms with Crippen LogP contribution in [0.15, 0.2) is 30.3 Å². The van der Waals surface area contributed by atoms with Crippen molar-refractivity contribution in [1.82, 2.24) is 4.90 Å². The molecule has 4 heteroatoms. The number of carbonyl (C=O) groups excluding carboxylic acids is 2. The van der Waals surface area contributed by atoms with E-state index >= 15 is 0 Å². The maximum absolute atomic E-state index is 11.6. The van der Waals surface area contributed by atoms with E-state index in [1.165, 1.54) is 0 Å². The van der Waals surface area contributed by atoms with Crippen LogP contribution in [0.1, 0.15) is 18.4 Å². The molecule has 0 saturated carbocycles. The largest absolute Gasteiger partial charge is 0.383 e.